The van der Waals surface area contributed by atoms with Crippen LogP contribution in [0.1, 0.15) is 17.5 Å². The average Bonchev–Trinajstić information content (AvgIpc) is 3.36. The number of thioether (sulfide) groups is 1. The number of aromatic nitrogens is 1. The molecule has 1 saturated heterocycles. The highest BCUT2D eigenvalue weighted by molar-refractivity contribution is 9.10. The molecule has 0 radical (unpaired) electrons. The van der Waals surface area contributed by atoms with Gasteiger partial charge < -0.3 is 9.30 Å². The highest BCUT2D eigenvalue weighted by Gasteiger charge is 2.34. The Bertz CT molecular complexity index is 1420. The van der Waals surface area contributed by atoms with E-state index < -0.39 is 0 Å². The minimum Gasteiger partial charge on any atom is -0.492 e. The van der Waals surface area contributed by atoms with Crippen LogP contribution >= 0.6 is 27.7 Å². The third-order valence-electron chi connectivity index (χ3n) is 6.07. The number of halogens is 1. The number of carbonyl (C=O) groups excluding carboxylic acids is 2. The molecule has 1 aliphatic heterocycles. The van der Waals surface area contributed by atoms with Gasteiger partial charge in [0.15, 0.2) is 0 Å². The van der Waals surface area contributed by atoms with Crippen molar-refractivity contribution >= 4 is 55.8 Å². The minimum absolute atomic E-state index is 0.208. The lowest BCUT2D eigenvalue weighted by Crippen LogP contribution is -2.29. The van der Waals surface area contributed by atoms with Crippen LogP contribution in [0.15, 0.2) is 94.4 Å². The first-order valence-electron chi connectivity index (χ1n) is 11.8. The Hall–Kier alpha value is -3.29. The van der Waals surface area contributed by atoms with E-state index in [1.165, 1.54) is 10.5 Å². The topological polar surface area (TPSA) is 51.5 Å². The molecular weight excluding hydrogens is 536 g/mol. The molecule has 0 unspecified atom stereocenters. The van der Waals surface area contributed by atoms with E-state index in [4.69, 9.17) is 4.74 Å². The van der Waals surface area contributed by atoms with Gasteiger partial charge in [0.2, 0.25) is 0 Å². The van der Waals surface area contributed by atoms with Crippen LogP contribution in [0.5, 0.6) is 5.75 Å². The van der Waals surface area contributed by atoms with E-state index in [-0.39, 0.29) is 11.1 Å². The number of hydrogen-bond acceptors (Lipinski definition) is 4. The quantitative estimate of drug-likeness (QED) is 0.204. The predicted molar refractivity (Wildman–Crippen MR) is 149 cm³/mol. The van der Waals surface area contributed by atoms with Crippen LogP contribution < -0.4 is 4.74 Å². The molecule has 36 heavy (non-hydrogen) atoms. The lowest BCUT2D eigenvalue weighted by Gasteiger charge is -2.12. The lowest BCUT2D eigenvalue weighted by molar-refractivity contribution is -0.122. The monoisotopic (exact) mass is 560 g/mol. The zero-order valence-corrected chi connectivity index (χ0v) is 22.0. The number of aryl methyl sites for hydroxylation is 1. The van der Waals surface area contributed by atoms with Crippen LogP contribution in [0.3, 0.4) is 0 Å². The second-order valence-electron chi connectivity index (χ2n) is 8.52. The average molecular weight is 562 g/mol. The first-order valence-corrected chi connectivity index (χ1v) is 13.4. The van der Waals surface area contributed by atoms with E-state index in [9.17, 15) is 9.59 Å². The Morgan fingerprint density at radius 2 is 1.67 bits per heavy atom. The molecule has 0 aliphatic carbocycles. The van der Waals surface area contributed by atoms with Gasteiger partial charge in [-0.3, -0.25) is 14.5 Å². The standard InChI is InChI=1S/C29H25BrN2O3S/c30-23-13-14-26-25(19-23)22(20-31(26)16-17-35-24-11-5-2-6-12-24)18-27-28(33)32(29(34)36-27)15-7-10-21-8-3-1-4-9-21/h1-6,8-9,11-14,18-20H,7,10,15-17H2/b27-18-. The molecule has 1 aromatic heterocycles. The van der Waals surface area contributed by atoms with Crippen molar-refractivity contribution in [2.75, 3.05) is 13.2 Å². The summed E-state index contributed by atoms with van der Waals surface area (Å²) in [7, 11) is 0. The summed E-state index contributed by atoms with van der Waals surface area (Å²) in [5.41, 5.74) is 3.15. The Morgan fingerprint density at radius 1 is 0.917 bits per heavy atom. The summed E-state index contributed by atoms with van der Waals surface area (Å²) in [6.07, 6.45) is 5.43. The number of ether oxygens (including phenoxy) is 1. The number of fused-ring (bicyclic) bond motifs is 1. The van der Waals surface area contributed by atoms with Crippen LogP contribution in [0.2, 0.25) is 0 Å². The maximum absolute atomic E-state index is 13.1. The third kappa shape index (κ3) is 5.58. The summed E-state index contributed by atoms with van der Waals surface area (Å²) >= 11 is 4.57. The zero-order chi connectivity index (χ0) is 24.9. The molecule has 4 aromatic rings. The maximum atomic E-state index is 13.1. The van der Waals surface area contributed by atoms with E-state index in [0.29, 0.717) is 24.6 Å². The number of carbonyl (C=O) groups is 2. The molecular formula is C29H25BrN2O3S. The Morgan fingerprint density at radius 3 is 2.44 bits per heavy atom. The van der Waals surface area contributed by atoms with Gasteiger partial charge in [-0.2, -0.15) is 0 Å². The van der Waals surface area contributed by atoms with E-state index in [1.54, 1.807) is 0 Å². The van der Waals surface area contributed by atoms with Crippen LogP contribution in [0.4, 0.5) is 4.79 Å². The number of imide groups is 1. The number of hydrogen-bond donors (Lipinski definition) is 0. The van der Waals surface area contributed by atoms with E-state index in [2.05, 4.69) is 38.7 Å². The van der Waals surface area contributed by atoms with Gasteiger partial charge in [0.05, 0.1) is 11.4 Å². The highest BCUT2D eigenvalue weighted by Crippen LogP contribution is 2.35. The zero-order valence-electron chi connectivity index (χ0n) is 19.6. The number of benzene rings is 3. The molecule has 2 heterocycles. The minimum atomic E-state index is -0.221. The molecule has 0 spiro atoms. The van der Waals surface area contributed by atoms with Gasteiger partial charge >= 0.3 is 0 Å². The van der Waals surface area contributed by atoms with Gasteiger partial charge in [-0.15, -0.1) is 0 Å². The third-order valence-corrected chi connectivity index (χ3v) is 7.47. The summed E-state index contributed by atoms with van der Waals surface area (Å²) in [6.45, 7) is 1.59. The predicted octanol–water partition coefficient (Wildman–Crippen LogP) is 7.15. The summed E-state index contributed by atoms with van der Waals surface area (Å²) < 4.78 is 8.97. The van der Waals surface area contributed by atoms with Crippen molar-refractivity contribution in [3.63, 3.8) is 0 Å². The first kappa shape index (κ1) is 24.4. The molecule has 5 rings (SSSR count). The van der Waals surface area contributed by atoms with Gasteiger partial charge in [0.1, 0.15) is 12.4 Å². The molecule has 0 saturated carbocycles. The molecule has 1 fully saturated rings. The maximum Gasteiger partial charge on any atom is 0.293 e. The SMILES string of the molecule is O=C1S/C(=C\c2cn(CCOc3ccccc3)c3ccc(Br)cc23)C(=O)N1CCCc1ccccc1. The van der Waals surface area contributed by atoms with Crippen molar-refractivity contribution in [3.8, 4) is 5.75 Å². The van der Waals surface area contributed by atoms with E-state index in [0.717, 1.165) is 51.3 Å². The van der Waals surface area contributed by atoms with E-state index >= 15 is 0 Å². The van der Waals surface area contributed by atoms with Crippen LogP contribution in [0.25, 0.3) is 17.0 Å². The number of amides is 2. The summed E-state index contributed by atoms with van der Waals surface area (Å²) in [6, 6.07) is 25.9. The molecule has 0 N–H and O–H groups in total. The Balaban J connectivity index is 1.31. The second-order valence-corrected chi connectivity index (χ2v) is 10.4. The molecule has 2 amide bonds. The number of para-hydroxylation sites is 1. The fraction of sp³-hybridized carbons (Fsp3) is 0.172. The molecule has 0 atom stereocenters. The normalized spacial score (nSPS) is 14.8. The highest BCUT2D eigenvalue weighted by atomic mass is 79.9. The molecule has 182 valence electrons. The lowest BCUT2D eigenvalue weighted by atomic mass is 10.1. The Kier molecular flexibility index (Phi) is 7.58. The van der Waals surface area contributed by atoms with Crippen LogP contribution in [0, 0.1) is 0 Å². The van der Waals surface area contributed by atoms with E-state index in [1.807, 2.05) is 72.9 Å². The van der Waals surface area contributed by atoms with Gasteiger partial charge in [-0.25, -0.2) is 0 Å². The van der Waals surface area contributed by atoms with Crippen molar-refractivity contribution in [1.82, 2.24) is 9.47 Å². The summed E-state index contributed by atoms with van der Waals surface area (Å²) in [5.74, 6) is 0.610. The van der Waals surface area contributed by atoms with Gasteiger partial charge in [0, 0.05) is 33.7 Å². The van der Waals surface area contributed by atoms with Crippen molar-refractivity contribution in [1.29, 1.82) is 0 Å². The van der Waals surface area contributed by atoms with Gasteiger partial charge in [-0.05, 0) is 66.6 Å². The van der Waals surface area contributed by atoms with Crippen molar-refractivity contribution < 1.29 is 14.3 Å². The second kappa shape index (κ2) is 11.2. The molecule has 3 aromatic carbocycles. The van der Waals surface area contributed by atoms with Crippen LogP contribution in [-0.4, -0.2) is 33.8 Å². The first-order chi connectivity index (χ1) is 17.6. The molecule has 5 nitrogen and oxygen atoms in total. The summed E-state index contributed by atoms with van der Waals surface area (Å²) in [5, 5.41) is 0.806. The van der Waals surface area contributed by atoms with Gasteiger partial charge in [0.25, 0.3) is 11.1 Å². The fourth-order valence-electron chi connectivity index (χ4n) is 4.30. The number of rotatable bonds is 9. The van der Waals surface area contributed by atoms with Crippen molar-refractivity contribution in [2.45, 2.75) is 19.4 Å². The number of nitrogens with zero attached hydrogens (tertiary/aromatic N) is 2. The van der Waals surface area contributed by atoms with Crippen LogP contribution in [-0.2, 0) is 17.8 Å². The molecule has 1 aliphatic rings. The largest absolute Gasteiger partial charge is 0.492 e. The van der Waals surface area contributed by atoms with Crippen molar-refractivity contribution in [3.05, 3.63) is 106 Å². The molecule has 0 bridgehead atoms. The Labute approximate surface area is 222 Å². The fourth-order valence-corrected chi connectivity index (χ4v) is 5.51. The summed E-state index contributed by atoms with van der Waals surface area (Å²) in [4.78, 5) is 27.5. The van der Waals surface area contributed by atoms with Gasteiger partial charge in [-0.1, -0.05) is 64.5 Å². The molecule has 7 heteroatoms. The smallest absolute Gasteiger partial charge is 0.293 e. The van der Waals surface area contributed by atoms with Crippen molar-refractivity contribution in [2.24, 2.45) is 0 Å².